The van der Waals surface area contributed by atoms with Crippen LogP contribution in [0.5, 0.6) is 0 Å². The van der Waals surface area contributed by atoms with Crippen molar-refractivity contribution in [3.05, 3.63) is 0 Å². The zero-order chi connectivity index (χ0) is 11.7. The highest BCUT2D eigenvalue weighted by Crippen LogP contribution is 2.27. The molecule has 92 valence electrons. The van der Waals surface area contributed by atoms with Crippen LogP contribution in [0.25, 0.3) is 0 Å². The van der Waals surface area contributed by atoms with Crippen LogP contribution in [0.15, 0.2) is 0 Å². The minimum atomic E-state index is -0.132. The molecule has 1 heterocycles. The number of hydrogen-bond donors (Lipinski definition) is 1. The number of piperazine rings is 1. The fourth-order valence-electron chi connectivity index (χ4n) is 2.22. The largest absolute Gasteiger partial charge is 0.339 e. The van der Waals surface area contributed by atoms with Gasteiger partial charge in [0, 0.05) is 32.2 Å². The Hall–Kier alpha value is -0.220. The molecule has 1 aliphatic heterocycles. The minimum Gasteiger partial charge on any atom is -0.339 e. The third-order valence-corrected chi connectivity index (χ3v) is 4.39. The molecule has 1 unspecified atom stereocenters. The predicted octanol–water partition coefficient (Wildman–Crippen LogP) is 1.25. The second kappa shape index (κ2) is 4.96. The second-order valence-electron chi connectivity index (χ2n) is 5.28. The second-order valence-corrected chi connectivity index (χ2v) is 5.84. The molecule has 2 rings (SSSR count). The highest BCUT2D eigenvalue weighted by molar-refractivity contribution is 7.81. The van der Waals surface area contributed by atoms with Crippen LogP contribution in [-0.4, -0.2) is 53.2 Å². The van der Waals surface area contributed by atoms with Gasteiger partial charge in [-0.05, 0) is 18.8 Å². The van der Waals surface area contributed by atoms with Gasteiger partial charge < -0.3 is 4.90 Å². The lowest BCUT2D eigenvalue weighted by molar-refractivity contribution is -0.133. The summed E-state index contributed by atoms with van der Waals surface area (Å²) >= 11 is 4.40. The van der Waals surface area contributed by atoms with Gasteiger partial charge in [-0.2, -0.15) is 12.6 Å². The fraction of sp³-hybridized carbons (Fsp3) is 0.917. The molecule has 1 aliphatic carbocycles. The first kappa shape index (κ1) is 12.2. The van der Waals surface area contributed by atoms with Crippen LogP contribution in [0.2, 0.25) is 0 Å². The van der Waals surface area contributed by atoms with E-state index in [2.05, 4.69) is 31.4 Å². The molecule has 0 N–H and O–H groups in total. The summed E-state index contributed by atoms with van der Waals surface area (Å²) in [5.74, 6) is 0.533. The normalized spacial score (nSPS) is 24.9. The van der Waals surface area contributed by atoms with Crippen molar-refractivity contribution in [1.82, 2.24) is 9.80 Å². The number of amides is 1. The Morgan fingerprint density at radius 3 is 2.19 bits per heavy atom. The molecule has 0 bridgehead atoms. The topological polar surface area (TPSA) is 23.6 Å². The summed E-state index contributed by atoms with van der Waals surface area (Å²) in [6.07, 6.45) is 2.71. The van der Waals surface area contributed by atoms with Crippen molar-refractivity contribution in [2.24, 2.45) is 5.92 Å². The molecular weight excluding hydrogens is 220 g/mol. The van der Waals surface area contributed by atoms with Gasteiger partial charge in [0.2, 0.25) is 5.91 Å². The summed E-state index contributed by atoms with van der Waals surface area (Å²) in [6, 6.07) is 0.828. The van der Waals surface area contributed by atoms with Crippen molar-refractivity contribution in [2.45, 2.75) is 38.0 Å². The summed E-state index contributed by atoms with van der Waals surface area (Å²) in [5, 5.41) is -0.132. The van der Waals surface area contributed by atoms with Crippen molar-refractivity contribution in [2.75, 3.05) is 26.2 Å². The standard InChI is InChI=1S/C12H22N2OS/c1-9(2)11(16)12(15)14-7-5-13(6-8-14)10-3-4-10/h9-11,16H,3-8H2,1-2H3. The van der Waals surface area contributed by atoms with Crippen molar-refractivity contribution in [1.29, 1.82) is 0 Å². The van der Waals surface area contributed by atoms with Crippen LogP contribution in [0, 0.1) is 5.92 Å². The summed E-state index contributed by atoms with van der Waals surface area (Å²) in [7, 11) is 0. The van der Waals surface area contributed by atoms with Crippen molar-refractivity contribution >= 4 is 18.5 Å². The maximum absolute atomic E-state index is 12.1. The van der Waals surface area contributed by atoms with E-state index in [4.69, 9.17) is 0 Å². The average Bonchev–Trinajstić information content (AvgIpc) is 3.11. The molecule has 3 nitrogen and oxygen atoms in total. The molecule has 2 aliphatic rings. The number of rotatable bonds is 3. The van der Waals surface area contributed by atoms with Crippen LogP contribution in [0.1, 0.15) is 26.7 Å². The molecule has 1 amide bonds. The highest BCUT2D eigenvalue weighted by Gasteiger charge is 2.33. The molecule has 0 aromatic heterocycles. The van der Waals surface area contributed by atoms with E-state index in [1.807, 2.05) is 4.90 Å². The van der Waals surface area contributed by atoms with Crippen LogP contribution in [-0.2, 0) is 4.79 Å². The third kappa shape index (κ3) is 2.72. The smallest absolute Gasteiger partial charge is 0.235 e. The van der Waals surface area contributed by atoms with Gasteiger partial charge in [-0.25, -0.2) is 0 Å². The highest BCUT2D eigenvalue weighted by atomic mass is 32.1. The molecule has 1 saturated heterocycles. The van der Waals surface area contributed by atoms with Gasteiger partial charge in [0.05, 0.1) is 5.25 Å². The van der Waals surface area contributed by atoms with Crippen molar-refractivity contribution in [3.63, 3.8) is 0 Å². The lowest BCUT2D eigenvalue weighted by atomic mass is 10.1. The third-order valence-electron chi connectivity index (χ3n) is 3.57. The van der Waals surface area contributed by atoms with Gasteiger partial charge in [0.1, 0.15) is 0 Å². The maximum Gasteiger partial charge on any atom is 0.235 e. The van der Waals surface area contributed by atoms with Gasteiger partial charge in [-0.1, -0.05) is 13.8 Å². The predicted molar refractivity (Wildman–Crippen MR) is 68.8 cm³/mol. The van der Waals surface area contributed by atoms with Gasteiger partial charge in [0.15, 0.2) is 0 Å². The van der Waals surface area contributed by atoms with E-state index >= 15 is 0 Å². The van der Waals surface area contributed by atoms with E-state index in [-0.39, 0.29) is 11.2 Å². The number of nitrogens with zero attached hydrogens (tertiary/aromatic N) is 2. The van der Waals surface area contributed by atoms with Crippen LogP contribution < -0.4 is 0 Å². The Morgan fingerprint density at radius 1 is 1.19 bits per heavy atom. The minimum absolute atomic E-state index is 0.132. The summed E-state index contributed by atoms with van der Waals surface area (Å²) in [6.45, 7) is 7.98. The molecular formula is C12H22N2OS. The van der Waals surface area contributed by atoms with E-state index in [9.17, 15) is 4.79 Å². The van der Waals surface area contributed by atoms with E-state index in [0.29, 0.717) is 5.92 Å². The monoisotopic (exact) mass is 242 g/mol. The first-order chi connectivity index (χ1) is 7.59. The number of carbonyl (C=O) groups is 1. The Labute approximate surface area is 104 Å². The number of carbonyl (C=O) groups excluding carboxylic acids is 1. The molecule has 0 aromatic carbocycles. The van der Waals surface area contributed by atoms with Gasteiger partial charge in [-0.3, -0.25) is 9.69 Å². The average molecular weight is 242 g/mol. The Bertz CT molecular complexity index is 258. The lowest BCUT2D eigenvalue weighted by Gasteiger charge is -2.36. The van der Waals surface area contributed by atoms with Gasteiger partial charge in [-0.15, -0.1) is 0 Å². The van der Waals surface area contributed by atoms with Crippen LogP contribution in [0.3, 0.4) is 0 Å². The summed E-state index contributed by atoms with van der Waals surface area (Å²) in [4.78, 5) is 16.6. The quantitative estimate of drug-likeness (QED) is 0.753. The summed E-state index contributed by atoms with van der Waals surface area (Å²) < 4.78 is 0. The van der Waals surface area contributed by atoms with E-state index < -0.39 is 0 Å². The van der Waals surface area contributed by atoms with Crippen molar-refractivity contribution in [3.8, 4) is 0 Å². The van der Waals surface area contributed by atoms with E-state index in [1.54, 1.807) is 0 Å². The maximum atomic E-state index is 12.1. The molecule has 1 atom stereocenters. The molecule has 2 fully saturated rings. The zero-order valence-electron chi connectivity index (χ0n) is 10.2. The molecule has 0 spiro atoms. The van der Waals surface area contributed by atoms with Gasteiger partial charge >= 0.3 is 0 Å². The van der Waals surface area contributed by atoms with E-state index in [0.717, 1.165) is 32.2 Å². The Morgan fingerprint density at radius 2 is 1.75 bits per heavy atom. The summed E-state index contributed by atoms with van der Waals surface area (Å²) in [5.41, 5.74) is 0. The molecule has 0 aromatic rings. The van der Waals surface area contributed by atoms with Crippen LogP contribution in [0.4, 0.5) is 0 Å². The van der Waals surface area contributed by atoms with Crippen molar-refractivity contribution < 1.29 is 4.79 Å². The first-order valence-electron chi connectivity index (χ1n) is 6.30. The SMILES string of the molecule is CC(C)C(S)C(=O)N1CCN(C2CC2)CC1. The molecule has 0 radical (unpaired) electrons. The molecule has 4 heteroatoms. The lowest BCUT2D eigenvalue weighted by Crippen LogP contribution is -2.51. The first-order valence-corrected chi connectivity index (χ1v) is 6.82. The molecule has 1 saturated carbocycles. The number of hydrogen-bond acceptors (Lipinski definition) is 3. The Kier molecular flexibility index (Phi) is 3.80. The van der Waals surface area contributed by atoms with Crippen LogP contribution >= 0.6 is 12.6 Å². The molecule has 16 heavy (non-hydrogen) atoms. The zero-order valence-corrected chi connectivity index (χ0v) is 11.1. The fourth-order valence-corrected chi connectivity index (χ4v) is 2.38. The number of thiol groups is 1. The van der Waals surface area contributed by atoms with E-state index in [1.165, 1.54) is 12.8 Å². The van der Waals surface area contributed by atoms with Gasteiger partial charge in [0.25, 0.3) is 0 Å². The Balaban J connectivity index is 1.81.